The van der Waals surface area contributed by atoms with E-state index in [4.69, 9.17) is 9.47 Å². The van der Waals surface area contributed by atoms with Gasteiger partial charge < -0.3 is 14.6 Å². The lowest BCUT2D eigenvalue weighted by molar-refractivity contribution is 0.174. The maximum atomic E-state index is 9.48. The molecule has 0 unspecified atom stereocenters. The molecule has 94 valence electrons. The van der Waals surface area contributed by atoms with E-state index in [-0.39, 0.29) is 12.7 Å². The zero-order chi connectivity index (χ0) is 12.8. The second-order valence-corrected chi connectivity index (χ2v) is 4.16. The van der Waals surface area contributed by atoms with Crippen molar-refractivity contribution in [2.24, 2.45) is 0 Å². The molecule has 0 bridgehead atoms. The van der Waals surface area contributed by atoms with Crippen LogP contribution in [0.1, 0.15) is 0 Å². The highest BCUT2D eigenvalue weighted by Crippen LogP contribution is 2.34. The van der Waals surface area contributed by atoms with Crippen molar-refractivity contribution < 1.29 is 14.6 Å². The summed E-state index contributed by atoms with van der Waals surface area (Å²) in [6.45, 7) is 0.239. The Morgan fingerprint density at radius 3 is 2.95 bits per heavy atom. The molecule has 1 N–H and O–H groups in total. The minimum atomic E-state index is -0.0324. The normalized spacial score (nSPS) is 13.1. The average Bonchev–Trinajstić information content (AvgIpc) is 3.03. The zero-order valence-corrected chi connectivity index (χ0v) is 9.78. The second kappa shape index (κ2) is 3.61. The van der Waals surface area contributed by atoms with Gasteiger partial charge in [0, 0.05) is 12.1 Å². The van der Waals surface area contributed by atoms with Gasteiger partial charge in [-0.1, -0.05) is 0 Å². The lowest BCUT2D eigenvalue weighted by atomic mass is 10.2. The molecule has 0 saturated heterocycles. The van der Waals surface area contributed by atoms with Gasteiger partial charge in [0.25, 0.3) is 0 Å². The van der Waals surface area contributed by atoms with Crippen LogP contribution in [0.15, 0.2) is 36.7 Å². The maximum absolute atomic E-state index is 9.48. The number of fused-ring (bicyclic) bond motifs is 2. The number of hydrogen-bond donors (Lipinski definition) is 1. The SMILES string of the molecule is Oc1ccc2ncn(-c3ccc4c(c3)OCO4)c2n1. The van der Waals surface area contributed by atoms with E-state index in [0.717, 1.165) is 17.0 Å². The molecule has 3 heterocycles. The fraction of sp³-hybridized carbons (Fsp3) is 0.0769. The van der Waals surface area contributed by atoms with Gasteiger partial charge in [0.2, 0.25) is 12.7 Å². The van der Waals surface area contributed by atoms with Crippen molar-refractivity contribution >= 4 is 11.2 Å². The Bertz CT molecular complexity index is 782. The third kappa shape index (κ3) is 1.50. The predicted molar refractivity (Wildman–Crippen MR) is 66.7 cm³/mol. The predicted octanol–water partition coefficient (Wildman–Crippen LogP) is 1.85. The van der Waals surface area contributed by atoms with Crippen LogP contribution in [0.5, 0.6) is 17.4 Å². The van der Waals surface area contributed by atoms with E-state index in [1.165, 1.54) is 6.07 Å². The highest BCUT2D eigenvalue weighted by Gasteiger charge is 2.15. The minimum absolute atomic E-state index is 0.0324. The summed E-state index contributed by atoms with van der Waals surface area (Å²) in [5.41, 5.74) is 2.17. The number of benzene rings is 1. The molecule has 19 heavy (non-hydrogen) atoms. The topological polar surface area (TPSA) is 69.4 Å². The summed E-state index contributed by atoms with van der Waals surface area (Å²) in [4.78, 5) is 8.34. The lowest BCUT2D eigenvalue weighted by Crippen LogP contribution is -1.94. The van der Waals surface area contributed by atoms with Gasteiger partial charge in [-0.15, -0.1) is 0 Å². The number of hydrogen-bond acceptors (Lipinski definition) is 5. The van der Waals surface area contributed by atoms with Gasteiger partial charge in [-0.25, -0.2) is 4.98 Å². The Kier molecular flexibility index (Phi) is 1.94. The first-order chi connectivity index (χ1) is 9.31. The van der Waals surface area contributed by atoms with Gasteiger partial charge in [0.15, 0.2) is 17.1 Å². The number of aromatic nitrogens is 3. The Hall–Kier alpha value is -2.76. The maximum Gasteiger partial charge on any atom is 0.231 e. The van der Waals surface area contributed by atoms with E-state index in [1.807, 2.05) is 18.2 Å². The first-order valence-electron chi connectivity index (χ1n) is 5.74. The van der Waals surface area contributed by atoms with Crippen LogP contribution < -0.4 is 9.47 Å². The van der Waals surface area contributed by atoms with Crippen molar-refractivity contribution in [2.45, 2.75) is 0 Å². The fourth-order valence-corrected chi connectivity index (χ4v) is 2.11. The highest BCUT2D eigenvalue weighted by atomic mass is 16.7. The molecule has 0 atom stereocenters. The molecule has 0 spiro atoms. The Morgan fingerprint density at radius 1 is 1.11 bits per heavy atom. The summed E-state index contributed by atoms with van der Waals surface area (Å²) in [6, 6.07) is 8.82. The molecule has 3 aromatic rings. The number of ether oxygens (including phenoxy) is 2. The van der Waals surface area contributed by atoms with Gasteiger partial charge in [-0.2, -0.15) is 4.98 Å². The molecular formula is C13H9N3O3. The first-order valence-corrected chi connectivity index (χ1v) is 5.74. The third-order valence-electron chi connectivity index (χ3n) is 3.01. The Morgan fingerprint density at radius 2 is 2.00 bits per heavy atom. The van der Waals surface area contributed by atoms with Crippen molar-refractivity contribution in [3.8, 4) is 23.1 Å². The fourth-order valence-electron chi connectivity index (χ4n) is 2.11. The van der Waals surface area contributed by atoms with Gasteiger partial charge in [0.05, 0.1) is 5.69 Å². The third-order valence-corrected chi connectivity index (χ3v) is 3.01. The van der Waals surface area contributed by atoms with Crippen LogP contribution in [0.25, 0.3) is 16.9 Å². The van der Waals surface area contributed by atoms with Gasteiger partial charge in [-0.3, -0.25) is 4.57 Å². The monoisotopic (exact) mass is 255 g/mol. The molecule has 2 aromatic heterocycles. The average molecular weight is 255 g/mol. The lowest BCUT2D eigenvalue weighted by Gasteiger charge is -2.04. The van der Waals surface area contributed by atoms with E-state index in [1.54, 1.807) is 17.0 Å². The minimum Gasteiger partial charge on any atom is -0.493 e. The van der Waals surface area contributed by atoms with Gasteiger partial charge in [0.1, 0.15) is 11.8 Å². The molecule has 0 radical (unpaired) electrons. The van der Waals surface area contributed by atoms with Gasteiger partial charge >= 0.3 is 0 Å². The Balaban J connectivity index is 1.92. The second-order valence-electron chi connectivity index (χ2n) is 4.16. The van der Waals surface area contributed by atoms with Crippen LogP contribution in [0, 0.1) is 0 Å². The van der Waals surface area contributed by atoms with Crippen molar-refractivity contribution in [3.05, 3.63) is 36.7 Å². The summed E-state index contributed by atoms with van der Waals surface area (Å²) < 4.78 is 12.4. The van der Waals surface area contributed by atoms with Crippen LogP contribution in [0.2, 0.25) is 0 Å². The van der Waals surface area contributed by atoms with E-state index in [2.05, 4.69) is 9.97 Å². The Labute approximate surface area is 107 Å². The van der Waals surface area contributed by atoms with Crippen LogP contribution in [-0.4, -0.2) is 26.4 Å². The molecule has 6 nitrogen and oxygen atoms in total. The quantitative estimate of drug-likeness (QED) is 0.718. The smallest absolute Gasteiger partial charge is 0.231 e. The van der Waals surface area contributed by atoms with Crippen molar-refractivity contribution in [3.63, 3.8) is 0 Å². The van der Waals surface area contributed by atoms with Crippen LogP contribution >= 0.6 is 0 Å². The van der Waals surface area contributed by atoms with E-state index < -0.39 is 0 Å². The number of nitrogens with zero attached hydrogens (tertiary/aromatic N) is 3. The molecule has 0 aliphatic carbocycles. The molecule has 1 aliphatic heterocycles. The summed E-state index contributed by atoms with van der Waals surface area (Å²) in [7, 11) is 0. The van der Waals surface area contributed by atoms with E-state index in [9.17, 15) is 5.11 Å². The van der Waals surface area contributed by atoms with Crippen LogP contribution in [0.4, 0.5) is 0 Å². The van der Waals surface area contributed by atoms with E-state index >= 15 is 0 Å². The molecule has 6 heteroatoms. The summed E-state index contributed by atoms with van der Waals surface area (Å²) in [5.74, 6) is 1.39. The molecule has 0 amide bonds. The summed E-state index contributed by atoms with van der Waals surface area (Å²) >= 11 is 0. The van der Waals surface area contributed by atoms with Crippen molar-refractivity contribution in [1.82, 2.24) is 14.5 Å². The van der Waals surface area contributed by atoms with Crippen molar-refractivity contribution in [1.29, 1.82) is 0 Å². The largest absolute Gasteiger partial charge is 0.493 e. The molecule has 4 rings (SSSR count). The number of imidazole rings is 1. The standard InChI is InChI=1S/C13H9N3O3/c17-12-4-2-9-13(15-12)16(6-14-9)8-1-3-10-11(5-8)19-7-18-10/h1-6H,7H2,(H,15,17). The highest BCUT2D eigenvalue weighted by molar-refractivity contribution is 5.74. The summed E-state index contributed by atoms with van der Waals surface area (Å²) in [6.07, 6.45) is 1.66. The molecule has 0 saturated carbocycles. The van der Waals surface area contributed by atoms with Crippen molar-refractivity contribution in [2.75, 3.05) is 6.79 Å². The van der Waals surface area contributed by atoms with E-state index in [0.29, 0.717) is 11.4 Å². The zero-order valence-electron chi connectivity index (χ0n) is 9.78. The molecule has 1 aromatic carbocycles. The van der Waals surface area contributed by atoms with Crippen LogP contribution in [-0.2, 0) is 0 Å². The number of pyridine rings is 1. The summed E-state index contributed by atoms with van der Waals surface area (Å²) in [5, 5.41) is 9.48. The number of aromatic hydroxyl groups is 1. The van der Waals surface area contributed by atoms with Crippen LogP contribution in [0.3, 0.4) is 0 Å². The molecule has 1 aliphatic rings. The number of rotatable bonds is 1. The molecule has 0 fully saturated rings. The molecular weight excluding hydrogens is 246 g/mol. The van der Waals surface area contributed by atoms with Gasteiger partial charge in [-0.05, 0) is 18.2 Å². The first kappa shape index (κ1) is 10.2.